The molecular weight excluding hydrogens is 255 g/mol. The molecule has 0 aliphatic carbocycles. The lowest BCUT2D eigenvalue weighted by molar-refractivity contribution is -0.137. The average molecular weight is 273 g/mol. The lowest BCUT2D eigenvalue weighted by Gasteiger charge is -2.17. The maximum absolute atomic E-state index is 12.4. The molecule has 19 heavy (non-hydrogen) atoms. The van der Waals surface area contributed by atoms with Gasteiger partial charge in [0, 0.05) is 18.9 Å². The summed E-state index contributed by atoms with van der Waals surface area (Å²) in [7, 11) is 0. The molecule has 0 fully saturated rings. The van der Waals surface area contributed by atoms with Crippen molar-refractivity contribution in [3.8, 4) is 0 Å². The third-order valence-electron chi connectivity index (χ3n) is 3.13. The van der Waals surface area contributed by atoms with E-state index in [1.165, 1.54) is 12.1 Å². The summed E-state index contributed by atoms with van der Waals surface area (Å²) in [5, 5.41) is 0. The lowest BCUT2D eigenvalue weighted by Crippen LogP contribution is -2.29. The second-order valence-corrected chi connectivity index (χ2v) is 4.92. The standard InChI is InChI=1S/C14H18F3NO/c1-9(2)12(8-18)13(19)7-10-3-5-11(6-4-10)14(15,16)17/h3-6,9,12H,7-8,18H2,1-2H3. The molecule has 1 aromatic rings. The number of Topliss-reactive ketones (excluding diaryl/α,β-unsaturated/α-hetero) is 1. The van der Waals surface area contributed by atoms with Gasteiger partial charge in [0.2, 0.25) is 0 Å². The molecule has 1 atom stereocenters. The molecular formula is C14H18F3NO. The molecule has 1 unspecified atom stereocenters. The Hall–Kier alpha value is -1.36. The van der Waals surface area contributed by atoms with Crippen molar-refractivity contribution in [1.29, 1.82) is 0 Å². The third kappa shape index (κ3) is 4.35. The normalized spacial score (nSPS) is 13.6. The zero-order chi connectivity index (χ0) is 14.6. The number of carbonyl (C=O) groups excluding carboxylic acids is 1. The zero-order valence-electron chi connectivity index (χ0n) is 11.0. The summed E-state index contributed by atoms with van der Waals surface area (Å²) in [5.41, 5.74) is 5.41. The van der Waals surface area contributed by atoms with Crippen LogP contribution in [0.5, 0.6) is 0 Å². The maximum atomic E-state index is 12.4. The van der Waals surface area contributed by atoms with E-state index in [0.29, 0.717) is 5.56 Å². The van der Waals surface area contributed by atoms with Gasteiger partial charge in [-0.3, -0.25) is 4.79 Å². The molecule has 0 aliphatic rings. The van der Waals surface area contributed by atoms with Crippen LogP contribution in [0, 0.1) is 11.8 Å². The van der Waals surface area contributed by atoms with E-state index in [9.17, 15) is 18.0 Å². The Bertz CT molecular complexity index is 423. The monoisotopic (exact) mass is 273 g/mol. The summed E-state index contributed by atoms with van der Waals surface area (Å²) in [6.45, 7) is 4.07. The number of nitrogens with two attached hydrogens (primary N) is 1. The number of rotatable bonds is 5. The van der Waals surface area contributed by atoms with Crippen LogP contribution in [0.2, 0.25) is 0 Å². The van der Waals surface area contributed by atoms with Crippen LogP contribution in [0.25, 0.3) is 0 Å². The minimum Gasteiger partial charge on any atom is -0.330 e. The zero-order valence-corrected chi connectivity index (χ0v) is 11.0. The Morgan fingerprint density at radius 2 is 1.74 bits per heavy atom. The average Bonchev–Trinajstić information content (AvgIpc) is 2.28. The van der Waals surface area contributed by atoms with Crippen molar-refractivity contribution in [2.75, 3.05) is 6.54 Å². The smallest absolute Gasteiger partial charge is 0.330 e. The number of alkyl halides is 3. The molecule has 0 aliphatic heterocycles. The van der Waals surface area contributed by atoms with Crippen LogP contribution in [-0.4, -0.2) is 12.3 Å². The summed E-state index contributed by atoms with van der Waals surface area (Å²) in [6.07, 6.45) is -4.22. The van der Waals surface area contributed by atoms with E-state index < -0.39 is 11.7 Å². The Morgan fingerprint density at radius 3 is 2.11 bits per heavy atom. The van der Waals surface area contributed by atoms with E-state index in [1.54, 1.807) is 0 Å². The fraction of sp³-hybridized carbons (Fsp3) is 0.500. The fourth-order valence-electron chi connectivity index (χ4n) is 1.92. The van der Waals surface area contributed by atoms with Crippen molar-refractivity contribution in [1.82, 2.24) is 0 Å². The van der Waals surface area contributed by atoms with E-state index in [-0.39, 0.29) is 30.6 Å². The van der Waals surface area contributed by atoms with Crippen LogP contribution in [0.4, 0.5) is 13.2 Å². The minimum atomic E-state index is -4.35. The number of ketones is 1. The predicted molar refractivity (Wildman–Crippen MR) is 67.5 cm³/mol. The van der Waals surface area contributed by atoms with Gasteiger partial charge < -0.3 is 5.73 Å². The SMILES string of the molecule is CC(C)C(CN)C(=O)Cc1ccc(C(F)(F)F)cc1. The van der Waals surface area contributed by atoms with Crippen LogP contribution in [0.1, 0.15) is 25.0 Å². The lowest BCUT2D eigenvalue weighted by atomic mass is 9.88. The molecule has 0 saturated carbocycles. The van der Waals surface area contributed by atoms with E-state index >= 15 is 0 Å². The van der Waals surface area contributed by atoms with Gasteiger partial charge in [0.15, 0.2) is 0 Å². The highest BCUT2D eigenvalue weighted by molar-refractivity contribution is 5.83. The first-order chi connectivity index (χ1) is 8.75. The molecule has 0 heterocycles. The Morgan fingerprint density at radius 1 is 1.21 bits per heavy atom. The van der Waals surface area contributed by atoms with Gasteiger partial charge in [-0.2, -0.15) is 13.2 Å². The van der Waals surface area contributed by atoms with Crippen molar-refractivity contribution in [2.24, 2.45) is 17.6 Å². The molecule has 0 bridgehead atoms. The molecule has 0 spiro atoms. The molecule has 1 rings (SSSR count). The van der Waals surface area contributed by atoms with Gasteiger partial charge in [0.25, 0.3) is 0 Å². The minimum absolute atomic E-state index is 0.0303. The third-order valence-corrected chi connectivity index (χ3v) is 3.13. The van der Waals surface area contributed by atoms with Gasteiger partial charge in [-0.25, -0.2) is 0 Å². The molecule has 0 radical (unpaired) electrons. The van der Waals surface area contributed by atoms with E-state index in [4.69, 9.17) is 5.73 Å². The molecule has 5 heteroatoms. The second-order valence-electron chi connectivity index (χ2n) is 4.92. The second kappa shape index (κ2) is 6.19. The van der Waals surface area contributed by atoms with E-state index in [1.807, 2.05) is 13.8 Å². The predicted octanol–water partition coefficient (Wildman–Crippen LogP) is 3.05. The van der Waals surface area contributed by atoms with Gasteiger partial charge in [0.1, 0.15) is 5.78 Å². The van der Waals surface area contributed by atoms with Crippen LogP contribution >= 0.6 is 0 Å². The van der Waals surface area contributed by atoms with Crippen molar-refractivity contribution in [3.63, 3.8) is 0 Å². The van der Waals surface area contributed by atoms with Crippen molar-refractivity contribution < 1.29 is 18.0 Å². The van der Waals surface area contributed by atoms with Crippen LogP contribution < -0.4 is 5.73 Å². The largest absolute Gasteiger partial charge is 0.416 e. The van der Waals surface area contributed by atoms with Gasteiger partial charge in [-0.15, -0.1) is 0 Å². The summed E-state index contributed by atoms with van der Waals surface area (Å²) < 4.78 is 37.2. The van der Waals surface area contributed by atoms with Crippen molar-refractivity contribution >= 4 is 5.78 Å². The van der Waals surface area contributed by atoms with Gasteiger partial charge >= 0.3 is 6.18 Å². The van der Waals surface area contributed by atoms with Crippen LogP contribution in [0.15, 0.2) is 24.3 Å². The Kier molecular flexibility index (Phi) is 5.11. The molecule has 2 N–H and O–H groups in total. The number of halogens is 3. The van der Waals surface area contributed by atoms with Crippen LogP contribution in [-0.2, 0) is 17.4 Å². The number of carbonyl (C=O) groups is 1. The highest BCUT2D eigenvalue weighted by atomic mass is 19.4. The topological polar surface area (TPSA) is 43.1 Å². The summed E-state index contributed by atoms with van der Waals surface area (Å²) in [4.78, 5) is 12.0. The summed E-state index contributed by atoms with van der Waals surface area (Å²) in [6, 6.07) is 4.67. The molecule has 106 valence electrons. The fourth-order valence-corrected chi connectivity index (χ4v) is 1.92. The first kappa shape index (κ1) is 15.7. The highest BCUT2D eigenvalue weighted by Crippen LogP contribution is 2.29. The number of hydrogen-bond acceptors (Lipinski definition) is 2. The quantitative estimate of drug-likeness (QED) is 0.896. The van der Waals surface area contributed by atoms with Gasteiger partial charge in [-0.05, 0) is 23.6 Å². The molecule has 0 amide bonds. The molecule has 2 nitrogen and oxygen atoms in total. The van der Waals surface area contributed by atoms with Crippen molar-refractivity contribution in [2.45, 2.75) is 26.4 Å². The van der Waals surface area contributed by atoms with Crippen molar-refractivity contribution in [3.05, 3.63) is 35.4 Å². The Labute approximate surface area is 110 Å². The highest BCUT2D eigenvalue weighted by Gasteiger charge is 2.30. The summed E-state index contributed by atoms with van der Waals surface area (Å²) in [5.74, 6) is -0.147. The Balaban J connectivity index is 2.76. The first-order valence-electron chi connectivity index (χ1n) is 6.14. The van der Waals surface area contributed by atoms with Crippen LogP contribution in [0.3, 0.4) is 0 Å². The summed E-state index contributed by atoms with van der Waals surface area (Å²) >= 11 is 0. The van der Waals surface area contributed by atoms with E-state index in [0.717, 1.165) is 12.1 Å². The molecule has 1 aromatic carbocycles. The number of hydrogen-bond donors (Lipinski definition) is 1. The number of benzene rings is 1. The van der Waals surface area contributed by atoms with Gasteiger partial charge in [0.05, 0.1) is 5.56 Å². The molecule has 0 aromatic heterocycles. The van der Waals surface area contributed by atoms with E-state index in [2.05, 4.69) is 0 Å². The van der Waals surface area contributed by atoms with Gasteiger partial charge in [-0.1, -0.05) is 26.0 Å². The molecule has 0 saturated heterocycles. The maximum Gasteiger partial charge on any atom is 0.416 e. The first-order valence-corrected chi connectivity index (χ1v) is 6.14.